The van der Waals surface area contributed by atoms with Gasteiger partial charge in [-0.15, -0.1) is 20.4 Å². The van der Waals surface area contributed by atoms with Crippen molar-refractivity contribution in [3.05, 3.63) is 58.7 Å². The van der Waals surface area contributed by atoms with E-state index in [2.05, 4.69) is 20.4 Å². The predicted molar refractivity (Wildman–Crippen MR) is 97.4 cm³/mol. The van der Waals surface area contributed by atoms with Crippen molar-refractivity contribution < 1.29 is 8.83 Å². The molecule has 0 spiro atoms. The van der Waals surface area contributed by atoms with Crippen LogP contribution in [0.25, 0.3) is 34.7 Å². The summed E-state index contributed by atoms with van der Waals surface area (Å²) in [5, 5.41) is 16.4. The molecule has 26 heavy (non-hydrogen) atoms. The Labute approximate surface area is 150 Å². The molecule has 0 bridgehead atoms. The minimum atomic E-state index is 0.213. The molecule has 0 unspecified atom stereocenters. The zero-order chi connectivity index (χ0) is 18.3. The fourth-order valence-corrected chi connectivity index (χ4v) is 2.77. The third-order valence-corrected chi connectivity index (χ3v) is 4.28. The Morgan fingerprint density at radius 2 is 0.923 bits per heavy atom. The molecule has 0 aliphatic carbocycles. The molecule has 4 rings (SSSR count). The van der Waals surface area contributed by atoms with Crippen LogP contribution in [0.3, 0.4) is 0 Å². The highest BCUT2D eigenvalue weighted by molar-refractivity contribution is 5.62. The molecule has 0 aliphatic rings. The van der Waals surface area contributed by atoms with Crippen molar-refractivity contribution in [2.75, 3.05) is 0 Å². The lowest BCUT2D eigenvalue weighted by Crippen LogP contribution is -1.84. The van der Waals surface area contributed by atoms with Crippen LogP contribution >= 0.6 is 0 Å². The van der Waals surface area contributed by atoms with Gasteiger partial charge < -0.3 is 8.83 Å². The summed E-state index contributed by atoms with van der Waals surface area (Å²) in [7, 11) is 0. The molecule has 2 heterocycles. The Bertz CT molecular complexity index is 1010. The summed E-state index contributed by atoms with van der Waals surface area (Å²) in [6.07, 6.45) is 0. The molecule has 6 heteroatoms. The standard InChI is InChI=1S/C20H18N4O2/c1-11-5-7-13(3)15(9-11)17-21-23-19(25-17)20-24-22-18(26-20)16-10-12(2)6-8-14(16)4/h5-10H,1-4H3. The average molecular weight is 346 g/mol. The number of hydrogen-bond acceptors (Lipinski definition) is 6. The molecule has 0 saturated heterocycles. The SMILES string of the molecule is Cc1ccc(C)c(-c2nnc(-c3nnc(-c4cc(C)ccc4C)o3)o2)c1. The molecule has 4 aromatic rings. The zero-order valence-corrected chi connectivity index (χ0v) is 15.1. The fourth-order valence-electron chi connectivity index (χ4n) is 2.77. The third-order valence-electron chi connectivity index (χ3n) is 4.28. The molecule has 0 radical (unpaired) electrons. The molecule has 6 nitrogen and oxygen atoms in total. The van der Waals surface area contributed by atoms with Gasteiger partial charge in [0.05, 0.1) is 0 Å². The topological polar surface area (TPSA) is 77.8 Å². The van der Waals surface area contributed by atoms with E-state index in [0.29, 0.717) is 11.8 Å². The van der Waals surface area contributed by atoms with E-state index in [1.54, 1.807) is 0 Å². The lowest BCUT2D eigenvalue weighted by molar-refractivity contribution is 0.521. The number of rotatable bonds is 3. The Morgan fingerprint density at radius 3 is 1.35 bits per heavy atom. The van der Waals surface area contributed by atoms with Gasteiger partial charge in [-0.1, -0.05) is 35.4 Å². The second kappa shape index (κ2) is 6.22. The van der Waals surface area contributed by atoms with Crippen LogP contribution in [0.4, 0.5) is 0 Å². The van der Waals surface area contributed by atoms with Crippen LogP contribution in [0.5, 0.6) is 0 Å². The first-order valence-electron chi connectivity index (χ1n) is 8.34. The van der Waals surface area contributed by atoms with Crippen LogP contribution in [-0.4, -0.2) is 20.4 Å². The molecule has 0 atom stereocenters. The summed E-state index contributed by atoms with van der Waals surface area (Å²) >= 11 is 0. The Balaban J connectivity index is 1.70. The fraction of sp³-hybridized carbons (Fsp3) is 0.200. The van der Waals surface area contributed by atoms with Gasteiger partial charge in [-0.25, -0.2) is 0 Å². The van der Waals surface area contributed by atoms with Crippen molar-refractivity contribution in [2.45, 2.75) is 27.7 Å². The van der Waals surface area contributed by atoms with Crippen molar-refractivity contribution in [3.63, 3.8) is 0 Å². The Hall–Kier alpha value is -3.28. The van der Waals surface area contributed by atoms with Crippen LogP contribution in [-0.2, 0) is 0 Å². The summed E-state index contributed by atoms with van der Waals surface area (Å²) in [6.45, 7) is 8.05. The number of aromatic nitrogens is 4. The van der Waals surface area contributed by atoms with Crippen molar-refractivity contribution >= 4 is 0 Å². The van der Waals surface area contributed by atoms with E-state index < -0.39 is 0 Å². The van der Waals surface area contributed by atoms with Crippen molar-refractivity contribution in [2.24, 2.45) is 0 Å². The van der Waals surface area contributed by atoms with Crippen molar-refractivity contribution in [3.8, 4) is 34.7 Å². The second-order valence-electron chi connectivity index (χ2n) is 6.46. The van der Waals surface area contributed by atoms with Gasteiger partial charge in [0, 0.05) is 11.1 Å². The van der Waals surface area contributed by atoms with Gasteiger partial charge in [0.15, 0.2) is 0 Å². The average Bonchev–Trinajstić information content (AvgIpc) is 3.28. The van der Waals surface area contributed by atoms with Gasteiger partial charge in [0.25, 0.3) is 0 Å². The molecular formula is C20H18N4O2. The van der Waals surface area contributed by atoms with E-state index in [0.717, 1.165) is 33.4 Å². The molecular weight excluding hydrogens is 328 g/mol. The minimum absolute atomic E-state index is 0.213. The summed E-state index contributed by atoms with van der Waals surface area (Å²) in [5.74, 6) is 1.30. The lowest BCUT2D eigenvalue weighted by Gasteiger charge is -2.01. The first-order valence-corrected chi connectivity index (χ1v) is 8.34. The summed E-state index contributed by atoms with van der Waals surface area (Å²) < 4.78 is 11.6. The molecule has 0 amide bonds. The maximum absolute atomic E-state index is 5.78. The molecule has 2 aromatic heterocycles. The van der Waals surface area contributed by atoms with E-state index >= 15 is 0 Å². The van der Waals surface area contributed by atoms with E-state index in [1.165, 1.54) is 0 Å². The third kappa shape index (κ3) is 2.90. The quantitative estimate of drug-likeness (QED) is 0.535. The normalized spacial score (nSPS) is 11.1. The molecule has 2 aromatic carbocycles. The smallest absolute Gasteiger partial charge is 0.306 e. The molecule has 0 N–H and O–H groups in total. The maximum atomic E-state index is 5.78. The molecule has 0 saturated carbocycles. The molecule has 0 fully saturated rings. The van der Waals surface area contributed by atoms with Gasteiger partial charge in [-0.3, -0.25) is 0 Å². The van der Waals surface area contributed by atoms with Crippen LogP contribution in [0.15, 0.2) is 45.2 Å². The van der Waals surface area contributed by atoms with Crippen molar-refractivity contribution in [1.82, 2.24) is 20.4 Å². The Kier molecular flexibility index (Phi) is 3.88. The highest BCUT2D eigenvalue weighted by Gasteiger charge is 2.19. The van der Waals surface area contributed by atoms with E-state index in [9.17, 15) is 0 Å². The second-order valence-corrected chi connectivity index (χ2v) is 6.46. The first kappa shape index (κ1) is 16.2. The van der Waals surface area contributed by atoms with E-state index in [4.69, 9.17) is 8.83 Å². The lowest BCUT2D eigenvalue weighted by atomic mass is 10.1. The van der Waals surface area contributed by atoms with Crippen LogP contribution in [0.2, 0.25) is 0 Å². The predicted octanol–water partition coefficient (Wildman–Crippen LogP) is 4.69. The van der Waals surface area contributed by atoms with Gasteiger partial charge in [0.2, 0.25) is 11.8 Å². The Morgan fingerprint density at radius 1 is 0.538 bits per heavy atom. The highest BCUT2D eigenvalue weighted by atomic mass is 16.4. The van der Waals surface area contributed by atoms with Crippen LogP contribution < -0.4 is 0 Å². The van der Waals surface area contributed by atoms with Gasteiger partial charge >= 0.3 is 11.8 Å². The first-order chi connectivity index (χ1) is 12.5. The van der Waals surface area contributed by atoms with Crippen LogP contribution in [0, 0.1) is 27.7 Å². The van der Waals surface area contributed by atoms with Crippen LogP contribution in [0.1, 0.15) is 22.3 Å². The zero-order valence-electron chi connectivity index (χ0n) is 15.1. The van der Waals surface area contributed by atoms with E-state index in [1.807, 2.05) is 64.1 Å². The summed E-state index contributed by atoms with van der Waals surface area (Å²) in [6, 6.07) is 12.2. The largest absolute Gasteiger partial charge is 0.412 e. The van der Waals surface area contributed by atoms with E-state index in [-0.39, 0.29) is 11.8 Å². The number of nitrogens with zero attached hydrogens (tertiary/aromatic N) is 4. The minimum Gasteiger partial charge on any atom is -0.412 e. The van der Waals surface area contributed by atoms with Gasteiger partial charge in [-0.05, 0) is 51.0 Å². The number of benzene rings is 2. The molecule has 130 valence electrons. The maximum Gasteiger partial charge on any atom is 0.306 e. The number of hydrogen-bond donors (Lipinski definition) is 0. The summed E-state index contributed by atoms with van der Waals surface area (Å²) in [4.78, 5) is 0. The monoisotopic (exact) mass is 346 g/mol. The number of aryl methyl sites for hydroxylation is 4. The molecule has 0 aliphatic heterocycles. The van der Waals surface area contributed by atoms with Crippen molar-refractivity contribution in [1.29, 1.82) is 0 Å². The van der Waals surface area contributed by atoms with Gasteiger partial charge in [0.1, 0.15) is 0 Å². The highest BCUT2D eigenvalue weighted by Crippen LogP contribution is 2.29. The summed E-state index contributed by atoms with van der Waals surface area (Å²) in [5.41, 5.74) is 6.18. The van der Waals surface area contributed by atoms with Gasteiger partial charge in [-0.2, -0.15) is 0 Å².